The minimum Gasteiger partial charge on any atom is -0.449 e. The topological polar surface area (TPSA) is 55.4 Å². The maximum absolute atomic E-state index is 12.1. The van der Waals surface area contributed by atoms with Gasteiger partial charge in [0, 0.05) is 5.02 Å². The van der Waals surface area contributed by atoms with E-state index in [9.17, 15) is 9.59 Å². The van der Waals surface area contributed by atoms with Gasteiger partial charge in [0.1, 0.15) is 0 Å². The Morgan fingerprint density at radius 1 is 1.04 bits per heavy atom. The minimum absolute atomic E-state index is 0.192. The summed E-state index contributed by atoms with van der Waals surface area (Å²) in [7, 11) is 0. The summed E-state index contributed by atoms with van der Waals surface area (Å²) in [4.78, 5) is 24.0. The van der Waals surface area contributed by atoms with E-state index < -0.39 is 18.0 Å². The highest BCUT2D eigenvalue weighted by Gasteiger charge is 2.21. The number of amides is 1. The molecular weight excluding hydrogens is 361 g/mol. The lowest BCUT2D eigenvalue weighted by atomic mass is 10.2. The van der Waals surface area contributed by atoms with Crippen LogP contribution in [0.4, 0.5) is 5.69 Å². The second-order valence-corrected chi connectivity index (χ2v) is 5.90. The lowest BCUT2D eigenvalue weighted by Crippen LogP contribution is -2.30. The van der Waals surface area contributed by atoms with Crippen molar-refractivity contribution in [1.82, 2.24) is 0 Å². The Morgan fingerprint density at radius 2 is 1.61 bits per heavy atom. The van der Waals surface area contributed by atoms with Gasteiger partial charge in [0.05, 0.1) is 21.3 Å². The maximum atomic E-state index is 12.1. The van der Waals surface area contributed by atoms with Crippen LogP contribution in [0.1, 0.15) is 17.3 Å². The van der Waals surface area contributed by atoms with Gasteiger partial charge < -0.3 is 10.1 Å². The number of nitrogens with one attached hydrogen (secondary N) is 1. The summed E-state index contributed by atoms with van der Waals surface area (Å²) in [6.45, 7) is 1.45. The first-order valence-electron chi connectivity index (χ1n) is 6.60. The summed E-state index contributed by atoms with van der Waals surface area (Å²) >= 11 is 17.8. The molecule has 0 saturated carbocycles. The van der Waals surface area contributed by atoms with E-state index in [1.165, 1.54) is 19.1 Å². The van der Waals surface area contributed by atoms with E-state index in [0.717, 1.165) is 0 Å². The van der Waals surface area contributed by atoms with Gasteiger partial charge in [-0.1, -0.05) is 53.0 Å². The van der Waals surface area contributed by atoms with Crippen molar-refractivity contribution in [2.75, 3.05) is 5.32 Å². The quantitative estimate of drug-likeness (QED) is 0.782. The van der Waals surface area contributed by atoms with Crippen molar-refractivity contribution >= 4 is 52.4 Å². The molecule has 0 aliphatic heterocycles. The largest absolute Gasteiger partial charge is 0.449 e. The van der Waals surface area contributed by atoms with Crippen LogP contribution in [0.3, 0.4) is 0 Å². The zero-order valence-corrected chi connectivity index (χ0v) is 14.2. The van der Waals surface area contributed by atoms with Crippen molar-refractivity contribution in [3.05, 3.63) is 63.1 Å². The van der Waals surface area contributed by atoms with Crippen molar-refractivity contribution < 1.29 is 14.3 Å². The maximum Gasteiger partial charge on any atom is 0.338 e. The molecule has 2 aromatic rings. The lowest BCUT2D eigenvalue weighted by molar-refractivity contribution is -0.123. The fourth-order valence-corrected chi connectivity index (χ4v) is 2.65. The summed E-state index contributed by atoms with van der Waals surface area (Å²) < 4.78 is 5.11. The molecule has 7 heteroatoms. The molecule has 23 heavy (non-hydrogen) atoms. The number of anilines is 1. The van der Waals surface area contributed by atoms with Crippen molar-refractivity contribution in [2.45, 2.75) is 13.0 Å². The molecule has 0 aromatic heterocycles. The standard InChI is InChI=1S/C16H12Cl3NO3/c1-9(23-16(22)10-5-3-2-4-6-10)15(21)20-14-12(18)7-11(17)8-13(14)19/h2-9H,1H3,(H,20,21)/t9-/m0/s1. The van der Waals surface area contributed by atoms with Gasteiger partial charge in [-0.05, 0) is 31.2 Å². The Kier molecular flexibility index (Phi) is 5.88. The molecule has 0 aliphatic carbocycles. The third-order valence-electron chi connectivity index (χ3n) is 2.92. The number of halogens is 3. The van der Waals surface area contributed by atoms with Gasteiger partial charge >= 0.3 is 5.97 Å². The molecule has 1 atom stereocenters. The van der Waals surface area contributed by atoms with E-state index in [-0.39, 0.29) is 15.7 Å². The molecule has 120 valence electrons. The first-order chi connectivity index (χ1) is 10.9. The van der Waals surface area contributed by atoms with Crippen LogP contribution in [-0.2, 0) is 9.53 Å². The van der Waals surface area contributed by atoms with Crippen LogP contribution in [0.5, 0.6) is 0 Å². The van der Waals surface area contributed by atoms with Gasteiger partial charge in [0.25, 0.3) is 5.91 Å². The summed E-state index contributed by atoms with van der Waals surface area (Å²) in [6, 6.07) is 11.3. The average molecular weight is 373 g/mol. The van der Waals surface area contributed by atoms with Gasteiger partial charge in [-0.25, -0.2) is 4.79 Å². The van der Waals surface area contributed by atoms with Gasteiger partial charge in [-0.3, -0.25) is 4.79 Å². The second kappa shape index (κ2) is 7.68. The van der Waals surface area contributed by atoms with Crippen molar-refractivity contribution in [1.29, 1.82) is 0 Å². The summed E-state index contributed by atoms with van der Waals surface area (Å²) in [5.41, 5.74) is 0.569. The highest BCUT2D eigenvalue weighted by molar-refractivity contribution is 6.42. The zero-order chi connectivity index (χ0) is 17.0. The average Bonchev–Trinajstić information content (AvgIpc) is 2.51. The SMILES string of the molecule is C[C@H](OC(=O)c1ccccc1)C(=O)Nc1c(Cl)cc(Cl)cc1Cl. The molecule has 1 amide bonds. The molecule has 2 rings (SSSR count). The van der Waals surface area contributed by atoms with E-state index in [1.807, 2.05) is 0 Å². The molecule has 0 saturated heterocycles. The van der Waals surface area contributed by atoms with E-state index in [4.69, 9.17) is 39.5 Å². The van der Waals surface area contributed by atoms with E-state index in [2.05, 4.69) is 5.32 Å². The van der Waals surface area contributed by atoms with Gasteiger partial charge in [-0.2, -0.15) is 0 Å². The number of hydrogen-bond donors (Lipinski definition) is 1. The summed E-state index contributed by atoms with van der Waals surface area (Å²) in [5.74, 6) is -1.15. The third-order valence-corrected chi connectivity index (χ3v) is 3.73. The Labute approximate surface area is 148 Å². The zero-order valence-electron chi connectivity index (χ0n) is 12.0. The normalized spacial score (nSPS) is 11.7. The third kappa shape index (κ3) is 4.61. The molecule has 1 N–H and O–H groups in total. The number of carbonyl (C=O) groups excluding carboxylic acids is 2. The number of rotatable bonds is 4. The smallest absolute Gasteiger partial charge is 0.338 e. The van der Waals surface area contributed by atoms with Crippen LogP contribution in [0.15, 0.2) is 42.5 Å². The van der Waals surface area contributed by atoms with E-state index in [1.54, 1.807) is 30.3 Å². The number of carbonyl (C=O) groups is 2. The van der Waals surface area contributed by atoms with Gasteiger partial charge in [0.2, 0.25) is 0 Å². The molecule has 2 aromatic carbocycles. The number of esters is 1. The van der Waals surface area contributed by atoms with Crippen molar-refractivity contribution in [3.8, 4) is 0 Å². The molecule has 0 radical (unpaired) electrons. The van der Waals surface area contributed by atoms with Crippen LogP contribution in [0.2, 0.25) is 15.1 Å². The van der Waals surface area contributed by atoms with Crippen LogP contribution in [0, 0.1) is 0 Å². The summed E-state index contributed by atoms with van der Waals surface area (Å²) in [5, 5.41) is 3.26. The Morgan fingerprint density at radius 3 is 2.17 bits per heavy atom. The fraction of sp³-hybridized carbons (Fsp3) is 0.125. The van der Waals surface area contributed by atoms with Crippen molar-refractivity contribution in [3.63, 3.8) is 0 Å². The second-order valence-electron chi connectivity index (χ2n) is 4.65. The van der Waals surface area contributed by atoms with Crippen LogP contribution < -0.4 is 5.32 Å². The molecule has 0 unspecified atom stereocenters. The predicted molar refractivity (Wildman–Crippen MR) is 91.4 cm³/mol. The van der Waals surface area contributed by atoms with Crippen LogP contribution >= 0.6 is 34.8 Å². The number of ether oxygens (including phenoxy) is 1. The van der Waals surface area contributed by atoms with E-state index >= 15 is 0 Å². The molecule has 0 spiro atoms. The highest BCUT2D eigenvalue weighted by Crippen LogP contribution is 2.33. The van der Waals surface area contributed by atoms with E-state index in [0.29, 0.717) is 10.6 Å². The first-order valence-corrected chi connectivity index (χ1v) is 7.73. The molecular formula is C16H12Cl3NO3. The fourth-order valence-electron chi connectivity index (χ4n) is 1.74. The molecule has 0 heterocycles. The number of benzene rings is 2. The van der Waals surface area contributed by atoms with Crippen LogP contribution in [0.25, 0.3) is 0 Å². The Hall–Kier alpha value is -1.75. The van der Waals surface area contributed by atoms with Crippen molar-refractivity contribution in [2.24, 2.45) is 0 Å². The Balaban J connectivity index is 2.05. The van der Waals surface area contributed by atoms with Gasteiger partial charge in [0.15, 0.2) is 6.10 Å². The highest BCUT2D eigenvalue weighted by atomic mass is 35.5. The minimum atomic E-state index is -1.02. The Bertz CT molecular complexity index is 712. The number of hydrogen-bond acceptors (Lipinski definition) is 3. The summed E-state index contributed by atoms with van der Waals surface area (Å²) in [6.07, 6.45) is -1.02. The molecule has 0 bridgehead atoms. The lowest BCUT2D eigenvalue weighted by Gasteiger charge is -2.15. The molecule has 0 fully saturated rings. The predicted octanol–water partition coefficient (Wildman–Crippen LogP) is 4.83. The van der Waals surface area contributed by atoms with Gasteiger partial charge in [-0.15, -0.1) is 0 Å². The first kappa shape index (κ1) is 17.6. The monoisotopic (exact) mass is 371 g/mol. The molecule has 4 nitrogen and oxygen atoms in total. The molecule has 0 aliphatic rings. The van der Waals surface area contributed by atoms with Crippen LogP contribution in [-0.4, -0.2) is 18.0 Å².